The lowest BCUT2D eigenvalue weighted by molar-refractivity contribution is 0.280. The molecule has 0 spiro atoms. The Bertz CT molecular complexity index is 1070. The van der Waals surface area contributed by atoms with E-state index < -0.39 is 0 Å². The zero-order valence-corrected chi connectivity index (χ0v) is 16.5. The van der Waals surface area contributed by atoms with E-state index in [-0.39, 0.29) is 0 Å². The fraction of sp³-hybridized carbons (Fsp3) is 0.296. The first-order chi connectivity index (χ1) is 13.8. The summed E-state index contributed by atoms with van der Waals surface area (Å²) >= 11 is 0. The number of nitrogens with one attached hydrogen (secondary N) is 1. The van der Waals surface area contributed by atoms with Crippen LogP contribution in [0.25, 0.3) is 16.8 Å². The van der Waals surface area contributed by atoms with Crippen LogP contribution in [0, 0.1) is 11.3 Å². The minimum absolute atomic E-state index is 0.520. The summed E-state index contributed by atoms with van der Waals surface area (Å²) in [4.78, 5) is 0. The Morgan fingerprint density at radius 3 is 2.54 bits per heavy atom. The lowest BCUT2D eigenvalue weighted by atomic mass is 9.66. The van der Waals surface area contributed by atoms with Crippen LogP contribution in [0.1, 0.15) is 66.7 Å². The van der Waals surface area contributed by atoms with Gasteiger partial charge in [-0.25, -0.2) is 0 Å². The van der Waals surface area contributed by atoms with E-state index in [1.807, 2.05) is 0 Å². The highest BCUT2D eigenvalue weighted by molar-refractivity contribution is 6.00. The van der Waals surface area contributed by atoms with Gasteiger partial charge in [-0.3, -0.25) is 0 Å². The lowest BCUT2D eigenvalue weighted by Gasteiger charge is -2.38. The van der Waals surface area contributed by atoms with Crippen molar-refractivity contribution < 1.29 is 0 Å². The van der Waals surface area contributed by atoms with E-state index in [9.17, 15) is 0 Å². The summed E-state index contributed by atoms with van der Waals surface area (Å²) in [7, 11) is 0. The van der Waals surface area contributed by atoms with Gasteiger partial charge in [0.05, 0.1) is 0 Å². The molecule has 0 heterocycles. The molecule has 3 aromatic rings. The first-order valence-corrected chi connectivity index (χ1v) is 10.6. The van der Waals surface area contributed by atoms with Gasteiger partial charge in [-0.15, -0.1) is 0 Å². The molecule has 0 amide bonds. The summed E-state index contributed by atoms with van der Waals surface area (Å²) in [6.45, 7) is 2.31. The molecule has 0 saturated heterocycles. The van der Waals surface area contributed by atoms with Crippen molar-refractivity contribution in [2.24, 2.45) is 5.92 Å². The molecular weight excluding hydrogens is 338 g/mol. The number of fused-ring (bicyclic) bond motifs is 2. The topological polar surface area (TPSA) is 23.9 Å². The monoisotopic (exact) mass is 365 g/mol. The molecule has 0 aromatic heterocycles. The molecular formula is C27H27N. The van der Waals surface area contributed by atoms with Gasteiger partial charge in [0, 0.05) is 17.7 Å². The molecule has 0 aliphatic heterocycles. The van der Waals surface area contributed by atoms with Crippen molar-refractivity contribution in [2.45, 2.75) is 44.4 Å². The smallest absolute Gasteiger partial charge is 0.0259 e. The first kappa shape index (κ1) is 17.4. The highest BCUT2D eigenvalue weighted by atomic mass is 14.4. The molecule has 140 valence electrons. The summed E-state index contributed by atoms with van der Waals surface area (Å²) in [5.41, 5.74) is 6.93. The molecule has 3 atom stereocenters. The SMILES string of the molecule is CC1=Cc2ccccc2C1C1CCCCC1c1ccc2ccccc2c1C=N. The van der Waals surface area contributed by atoms with Crippen molar-refractivity contribution in [2.75, 3.05) is 0 Å². The third-order valence-electron chi connectivity index (χ3n) is 7.00. The molecule has 1 nitrogen and oxygen atoms in total. The van der Waals surface area contributed by atoms with Crippen LogP contribution in [0.15, 0.2) is 66.2 Å². The number of allylic oxidation sites excluding steroid dienone is 1. The Morgan fingerprint density at radius 2 is 1.64 bits per heavy atom. The van der Waals surface area contributed by atoms with Gasteiger partial charge in [-0.2, -0.15) is 0 Å². The van der Waals surface area contributed by atoms with Gasteiger partial charge in [0.25, 0.3) is 0 Å². The quantitative estimate of drug-likeness (QED) is 0.470. The molecule has 1 N–H and O–H groups in total. The van der Waals surface area contributed by atoms with Crippen molar-refractivity contribution in [3.8, 4) is 0 Å². The van der Waals surface area contributed by atoms with Crippen LogP contribution in [0.4, 0.5) is 0 Å². The molecule has 0 radical (unpaired) electrons. The van der Waals surface area contributed by atoms with Gasteiger partial charge in [-0.05, 0) is 59.1 Å². The predicted octanol–water partition coefficient (Wildman–Crippen LogP) is 7.31. The molecule has 1 fully saturated rings. The van der Waals surface area contributed by atoms with Gasteiger partial charge in [0.2, 0.25) is 0 Å². The van der Waals surface area contributed by atoms with Crippen LogP contribution in [0.5, 0.6) is 0 Å². The van der Waals surface area contributed by atoms with Crippen molar-refractivity contribution >= 4 is 23.1 Å². The van der Waals surface area contributed by atoms with E-state index in [1.165, 1.54) is 58.7 Å². The molecule has 3 unspecified atom stereocenters. The molecule has 1 saturated carbocycles. The van der Waals surface area contributed by atoms with Gasteiger partial charge in [0.1, 0.15) is 0 Å². The fourth-order valence-corrected chi connectivity index (χ4v) is 5.82. The molecule has 5 rings (SSSR count). The zero-order chi connectivity index (χ0) is 19.1. The Morgan fingerprint density at radius 1 is 0.857 bits per heavy atom. The third-order valence-corrected chi connectivity index (χ3v) is 7.00. The number of rotatable bonds is 3. The molecule has 1 heteroatoms. The third kappa shape index (κ3) is 2.73. The Balaban J connectivity index is 1.62. The van der Waals surface area contributed by atoms with Crippen LogP contribution in [0.2, 0.25) is 0 Å². The standard InChI is InChI=1S/C27H27N/c1-18-16-20-9-3-5-11-22(20)27(18)25-13-7-6-12-23(25)24-15-14-19-8-2-4-10-21(19)26(24)17-28/h2-5,8-11,14-17,23,25,27-28H,6-7,12-13H2,1H3. The highest BCUT2D eigenvalue weighted by Gasteiger charge is 2.37. The fourth-order valence-electron chi connectivity index (χ4n) is 5.82. The van der Waals surface area contributed by atoms with E-state index in [4.69, 9.17) is 5.41 Å². The molecule has 2 aliphatic rings. The maximum Gasteiger partial charge on any atom is 0.0259 e. The Hall–Kier alpha value is -2.67. The van der Waals surface area contributed by atoms with Gasteiger partial charge < -0.3 is 5.41 Å². The normalized spacial score (nSPS) is 24.0. The minimum atomic E-state index is 0.520. The molecule has 2 aliphatic carbocycles. The second kappa shape index (κ2) is 7.05. The number of hydrogen-bond donors (Lipinski definition) is 1. The second-order valence-corrected chi connectivity index (χ2v) is 8.48. The van der Waals surface area contributed by atoms with E-state index in [1.54, 1.807) is 6.21 Å². The van der Waals surface area contributed by atoms with Crippen molar-refractivity contribution in [1.29, 1.82) is 5.41 Å². The van der Waals surface area contributed by atoms with Crippen LogP contribution >= 0.6 is 0 Å². The summed E-state index contributed by atoms with van der Waals surface area (Å²) in [6, 6.07) is 22.0. The number of benzene rings is 3. The summed E-state index contributed by atoms with van der Waals surface area (Å²) < 4.78 is 0. The van der Waals surface area contributed by atoms with E-state index in [2.05, 4.69) is 73.7 Å². The van der Waals surface area contributed by atoms with Crippen molar-refractivity contribution in [1.82, 2.24) is 0 Å². The van der Waals surface area contributed by atoms with E-state index in [0.29, 0.717) is 17.8 Å². The molecule has 0 bridgehead atoms. The lowest BCUT2D eigenvalue weighted by Crippen LogP contribution is -2.25. The number of hydrogen-bond acceptors (Lipinski definition) is 1. The average Bonchev–Trinajstić information content (AvgIpc) is 3.08. The van der Waals surface area contributed by atoms with Gasteiger partial charge in [-0.1, -0.05) is 85.2 Å². The van der Waals surface area contributed by atoms with Gasteiger partial charge in [0.15, 0.2) is 0 Å². The maximum atomic E-state index is 8.18. The molecule has 28 heavy (non-hydrogen) atoms. The minimum Gasteiger partial charge on any atom is -0.308 e. The van der Waals surface area contributed by atoms with E-state index >= 15 is 0 Å². The van der Waals surface area contributed by atoms with Crippen LogP contribution in [-0.2, 0) is 0 Å². The Labute approximate surface area is 167 Å². The highest BCUT2D eigenvalue weighted by Crippen LogP contribution is 2.52. The Kier molecular flexibility index (Phi) is 4.39. The first-order valence-electron chi connectivity index (χ1n) is 10.6. The predicted molar refractivity (Wildman–Crippen MR) is 119 cm³/mol. The summed E-state index contributed by atoms with van der Waals surface area (Å²) in [5, 5.41) is 10.6. The van der Waals surface area contributed by atoms with Crippen LogP contribution in [0.3, 0.4) is 0 Å². The van der Waals surface area contributed by atoms with Crippen molar-refractivity contribution in [3.63, 3.8) is 0 Å². The van der Waals surface area contributed by atoms with Gasteiger partial charge >= 0.3 is 0 Å². The largest absolute Gasteiger partial charge is 0.308 e. The maximum absolute atomic E-state index is 8.18. The second-order valence-electron chi connectivity index (χ2n) is 8.48. The van der Waals surface area contributed by atoms with Crippen LogP contribution in [-0.4, -0.2) is 6.21 Å². The van der Waals surface area contributed by atoms with Crippen molar-refractivity contribution in [3.05, 3.63) is 88.5 Å². The molecule has 3 aromatic carbocycles. The van der Waals surface area contributed by atoms with Crippen LogP contribution < -0.4 is 0 Å². The average molecular weight is 366 g/mol. The van der Waals surface area contributed by atoms with E-state index in [0.717, 1.165) is 5.56 Å². The zero-order valence-electron chi connectivity index (χ0n) is 16.5. The summed E-state index contributed by atoms with van der Waals surface area (Å²) in [6.07, 6.45) is 9.11. The summed E-state index contributed by atoms with van der Waals surface area (Å²) in [5.74, 6) is 1.66.